The van der Waals surface area contributed by atoms with Gasteiger partial charge in [-0.25, -0.2) is 4.79 Å². The van der Waals surface area contributed by atoms with E-state index in [0.717, 1.165) is 0 Å². The van der Waals surface area contributed by atoms with Crippen LogP contribution < -0.4 is 5.32 Å². The summed E-state index contributed by atoms with van der Waals surface area (Å²) in [6, 6.07) is 5.54. The number of nitrogens with one attached hydrogen (secondary N) is 1. The third-order valence-corrected chi connectivity index (χ3v) is 2.53. The van der Waals surface area contributed by atoms with Gasteiger partial charge in [-0.15, -0.1) is 0 Å². The lowest BCUT2D eigenvalue weighted by molar-refractivity contribution is -0.139. The van der Waals surface area contributed by atoms with Crippen LogP contribution in [0.4, 0.5) is 5.69 Å². The molecule has 1 amide bonds. The monoisotopic (exact) mass is 246 g/mol. The Morgan fingerprint density at radius 3 is 2.72 bits per heavy atom. The fourth-order valence-corrected chi connectivity index (χ4v) is 1.60. The minimum absolute atomic E-state index is 0.333. The summed E-state index contributed by atoms with van der Waals surface area (Å²) in [6.45, 7) is 0.333. The highest BCUT2D eigenvalue weighted by Crippen LogP contribution is 2.14. The number of ether oxygens (including phenoxy) is 1. The molecule has 0 saturated carbocycles. The van der Waals surface area contributed by atoms with Crippen LogP contribution in [0.5, 0.6) is 0 Å². The Hall–Kier alpha value is -2.53. The SMILES string of the molecule is [N-]=[N+]=Nc1ccc(C(=O)N[C@H]2CCOC2=O)cc1. The van der Waals surface area contributed by atoms with Gasteiger partial charge >= 0.3 is 5.97 Å². The number of nitrogens with zero attached hydrogens (tertiary/aromatic N) is 3. The van der Waals surface area contributed by atoms with Gasteiger partial charge in [0.2, 0.25) is 0 Å². The van der Waals surface area contributed by atoms with Crippen LogP contribution in [-0.2, 0) is 9.53 Å². The topological polar surface area (TPSA) is 104 Å². The fraction of sp³-hybridized carbons (Fsp3) is 0.273. The summed E-state index contributed by atoms with van der Waals surface area (Å²) in [5.74, 6) is -0.764. The maximum atomic E-state index is 11.8. The molecule has 1 aromatic carbocycles. The molecule has 0 aromatic heterocycles. The van der Waals surface area contributed by atoms with Crippen molar-refractivity contribution in [3.8, 4) is 0 Å². The predicted molar refractivity (Wildman–Crippen MR) is 62.1 cm³/mol. The molecule has 0 aliphatic carbocycles. The van der Waals surface area contributed by atoms with E-state index in [1.807, 2.05) is 0 Å². The van der Waals surface area contributed by atoms with Gasteiger partial charge in [-0.3, -0.25) is 4.79 Å². The Balaban J connectivity index is 2.04. The number of carbonyl (C=O) groups excluding carboxylic acids is 2. The van der Waals surface area contributed by atoms with Crippen LogP contribution in [0, 0.1) is 0 Å². The lowest BCUT2D eigenvalue weighted by Crippen LogP contribution is -2.37. The van der Waals surface area contributed by atoms with Gasteiger partial charge in [-0.1, -0.05) is 17.2 Å². The van der Waals surface area contributed by atoms with E-state index in [4.69, 9.17) is 10.3 Å². The molecule has 0 radical (unpaired) electrons. The molecule has 1 atom stereocenters. The van der Waals surface area contributed by atoms with Gasteiger partial charge in [0.15, 0.2) is 0 Å². The normalized spacial score (nSPS) is 17.8. The minimum Gasteiger partial charge on any atom is -0.464 e. The standard InChI is InChI=1S/C11H10N4O3/c12-15-14-8-3-1-7(2-4-8)10(16)13-9-5-6-18-11(9)17/h1-4,9H,5-6H2,(H,13,16)/t9-/m0/s1. The Morgan fingerprint density at radius 2 is 2.17 bits per heavy atom. The highest BCUT2D eigenvalue weighted by Gasteiger charge is 2.28. The van der Waals surface area contributed by atoms with E-state index < -0.39 is 12.0 Å². The molecule has 7 nitrogen and oxygen atoms in total. The van der Waals surface area contributed by atoms with Gasteiger partial charge in [0, 0.05) is 22.6 Å². The van der Waals surface area contributed by atoms with Crippen molar-refractivity contribution in [2.24, 2.45) is 5.11 Å². The first-order chi connectivity index (χ1) is 8.70. The van der Waals surface area contributed by atoms with Crippen molar-refractivity contribution in [1.29, 1.82) is 0 Å². The molecule has 92 valence electrons. The number of amides is 1. The maximum Gasteiger partial charge on any atom is 0.328 e. The van der Waals surface area contributed by atoms with Gasteiger partial charge in [0.1, 0.15) is 6.04 Å². The molecule has 2 rings (SSSR count). The first kappa shape index (κ1) is 11.9. The highest BCUT2D eigenvalue weighted by molar-refractivity contribution is 5.97. The molecule has 18 heavy (non-hydrogen) atoms. The second-order valence-electron chi connectivity index (χ2n) is 3.72. The third-order valence-electron chi connectivity index (χ3n) is 2.53. The lowest BCUT2D eigenvalue weighted by Gasteiger charge is -2.08. The van der Waals surface area contributed by atoms with E-state index in [0.29, 0.717) is 24.3 Å². The van der Waals surface area contributed by atoms with Crippen molar-refractivity contribution in [3.63, 3.8) is 0 Å². The Bertz CT molecular complexity index is 520. The number of rotatable bonds is 3. The van der Waals surface area contributed by atoms with Gasteiger partial charge < -0.3 is 10.1 Å². The van der Waals surface area contributed by atoms with E-state index in [-0.39, 0.29) is 5.91 Å². The predicted octanol–water partition coefficient (Wildman–Crippen LogP) is 1.67. The fourth-order valence-electron chi connectivity index (χ4n) is 1.60. The second-order valence-corrected chi connectivity index (χ2v) is 3.72. The summed E-state index contributed by atoms with van der Waals surface area (Å²) in [5, 5.41) is 5.98. The molecule has 1 heterocycles. The number of esters is 1. The first-order valence-electron chi connectivity index (χ1n) is 5.33. The molecule has 0 bridgehead atoms. The zero-order valence-corrected chi connectivity index (χ0v) is 9.37. The second kappa shape index (κ2) is 5.20. The van der Waals surface area contributed by atoms with Crippen molar-refractivity contribution in [2.75, 3.05) is 6.61 Å². The average Bonchev–Trinajstić information content (AvgIpc) is 2.76. The molecule has 1 N–H and O–H groups in total. The lowest BCUT2D eigenvalue weighted by atomic mass is 10.1. The van der Waals surface area contributed by atoms with Gasteiger partial charge in [-0.2, -0.15) is 0 Å². The molecule has 7 heteroatoms. The average molecular weight is 246 g/mol. The van der Waals surface area contributed by atoms with Gasteiger partial charge in [0.05, 0.1) is 6.61 Å². The zero-order chi connectivity index (χ0) is 13.0. The number of carbonyl (C=O) groups is 2. The summed E-state index contributed by atoms with van der Waals surface area (Å²) in [4.78, 5) is 25.6. The van der Waals surface area contributed by atoms with Crippen LogP contribution in [0.1, 0.15) is 16.8 Å². The summed E-state index contributed by atoms with van der Waals surface area (Å²) in [6.07, 6.45) is 0.487. The summed E-state index contributed by atoms with van der Waals surface area (Å²) in [5.41, 5.74) is 9.07. The van der Waals surface area contributed by atoms with Crippen LogP contribution in [-0.4, -0.2) is 24.5 Å². The van der Waals surface area contributed by atoms with Crippen LogP contribution >= 0.6 is 0 Å². The van der Waals surface area contributed by atoms with Crippen molar-refractivity contribution in [2.45, 2.75) is 12.5 Å². The van der Waals surface area contributed by atoms with E-state index in [1.165, 1.54) is 24.3 Å². The molecule has 1 aliphatic rings. The summed E-state index contributed by atoms with van der Waals surface area (Å²) >= 11 is 0. The van der Waals surface area contributed by atoms with Crippen molar-refractivity contribution in [1.82, 2.24) is 5.32 Å². The van der Waals surface area contributed by atoms with Crippen LogP contribution in [0.2, 0.25) is 0 Å². The van der Waals surface area contributed by atoms with E-state index in [1.54, 1.807) is 0 Å². The molecule has 1 saturated heterocycles. The number of hydrogen-bond donors (Lipinski definition) is 1. The molecular formula is C11H10N4O3. The van der Waals surface area contributed by atoms with E-state index in [2.05, 4.69) is 15.3 Å². The molecular weight excluding hydrogens is 236 g/mol. The highest BCUT2D eigenvalue weighted by atomic mass is 16.5. The van der Waals surface area contributed by atoms with Gasteiger partial charge in [-0.05, 0) is 17.7 Å². The minimum atomic E-state index is -0.575. The maximum absolute atomic E-state index is 11.8. The van der Waals surface area contributed by atoms with Crippen molar-refractivity contribution in [3.05, 3.63) is 40.3 Å². The molecule has 1 aliphatic heterocycles. The number of hydrogen-bond acceptors (Lipinski definition) is 4. The molecule has 1 aromatic rings. The van der Waals surface area contributed by atoms with Crippen molar-refractivity contribution >= 4 is 17.6 Å². The van der Waals surface area contributed by atoms with Crippen molar-refractivity contribution < 1.29 is 14.3 Å². The largest absolute Gasteiger partial charge is 0.464 e. The first-order valence-corrected chi connectivity index (χ1v) is 5.33. The Labute approximate surface area is 102 Å². The van der Waals surface area contributed by atoms with Crippen LogP contribution in [0.25, 0.3) is 10.4 Å². The summed E-state index contributed by atoms with van der Waals surface area (Å²) in [7, 11) is 0. The quantitative estimate of drug-likeness (QED) is 0.379. The van der Waals surface area contributed by atoms with Gasteiger partial charge in [0.25, 0.3) is 5.91 Å². The smallest absolute Gasteiger partial charge is 0.328 e. The van der Waals surface area contributed by atoms with Crippen LogP contribution in [0.3, 0.4) is 0 Å². The molecule has 1 fully saturated rings. The molecule has 0 spiro atoms. The van der Waals surface area contributed by atoms with E-state index in [9.17, 15) is 9.59 Å². The Morgan fingerprint density at radius 1 is 1.44 bits per heavy atom. The van der Waals surface area contributed by atoms with Crippen LogP contribution in [0.15, 0.2) is 29.4 Å². The summed E-state index contributed by atoms with van der Waals surface area (Å²) < 4.78 is 4.74. The van der Waals surface area contributed by atoms with E-state index >= 15 is 0 Å². The number of cyclic esters (lactones) is 1. The molecule has 0 unspecified atom stereocenters. The number of azide groups is 1. The third kappa shape index (κ3) is 2.58. The zero-order valence-electron chi connectivity index (χ0n) is 9.37. The Kier molecular flexibility index (Phi) is 3.45. The number of benzene rings is 1.